The fourth-order valence-electron chi connectivity index (χ4n) is 2.89. The lowest BCUT2D eigenvalue weighted by Crippen LogP contribution is -2.54. The summed E-state index contributed by atoms with van der Waals surface area (Å²) in [5, 5.41) is 11.9. The molecule has 24 heavy (non-hydrogen) atoms. The fourth-order valence-corrected chi connectivity index (χ4v) is 2.89. The summed E-state index contributed by atoms with van der Waals surface area (Å²) in [4.78, 5) is 25.1. The molecule has 1 amide bonds. The van der Waals surface area contributed by atoms with E-state index < -0.39 is 5.97 Å². The van der Waals surface area contributed by atoms with Crippen molar-refractivity contribution in [2.75, 3.05) is 19.7 Å². The number of nitrogens with one attached hydrogen (secondary N) is 1. The largest absolute Gasteiger partial charge is 0.494 e. The Balaban J connectivity index is 1.83. The lowest BCUT2D eigenvalue weighted by atomic mass is 9.85. The molecule has 1 aliphatic rings. The average Bonchev–Trinajstić information content (AvgIpc) is 2.53. The van der Waals surface area contributed by atoms with Gasteiger partial charge in [0.1, 0.15) is 5.75 Å². The third-order valence-corrected chi connectivity index (χ3v) is 4.28. The van der Waals surface area contributed by atoms with Gasteiger partial charge in [0.15, 0.2) is 0 Å². The van der Waals surface area contributed by atoms with Gasteiger partial charge >= 0.3 is 5.97 Å². The topological polar surface area (TPSA) is 78.9 Å². The Morgan fingerprint density at radius 3 is 2.71 bits per heavy atom. The quantitative estimate of drug-likeness (QED) is 0.723. The van der Waals surface area contributed by atoms with E-state index in [1.807, 2.05) is 30.9 Å². The minimum Gasteiger partial charge on any atom is -0.494 e. The highest BCUT2D eigenvalue weighted by Gasteiger charge is 2.34. The van der Waals surface area contributed by atoms with E-state index in [9.17, 15) is 9.59 Å². The number of nitrogens with zero attached hydrogens (tertiary/aromatic N) is 1. The van der Waals surface area contributed by atoms with Crippen LogP contribution in [0.25, 0.3) is 0 Å². The monoisotopic (exact) mass is 334 g/mol. The zero-order chi connectivity index (χ0) is 17.5. The molecule has 2 rings (SSSR count). The number of benzene rings is 1. The van der Waals surface area contributed by atoms with E-state index in [1.54, 1.807) is 12.1 Å². The second kappa shape index (κ2) is 8.68. The molecule has 1 aromatic rings. The van der Waals surface area contributed by atoms with E-state index in [-0.39, 0.29) is 24.5 Å². The molecular formula is C18H26N2O4. The second-order valence-electron chi connectivity index (χ2n) is 6.13. The van der Waals surface area contributed by atoms with Gasteiger partial charge < -0.3 is 15.2 Å². The standard InChI is InChI=1S/C18H26N2O4/c1-3-8-24-16-7-5-6-13(9-16)18(23)19-14-10-15(11-14)20(4-2)12-17(21)22/h5-7,9,14-15H,3-4,8,10-12H2,1-2H3,(H,19,23)(H,21,22). The highest BCUT2D eigenvalue weighted by molar-refractivity contribution is 5.94. The number of aliphatic carboxylic acids is 1. The summed E-state index contributed by atoms with van der Waals surface area (Å²) in [6, 6.07) is 7.52. The Hall–Kier alpha value is -2.08. The molecule has 0 heterocycles. The van der Waals surface area contributed by atoms with Gasteiger partial charge in [-0.1, -0.05) is 19.9 Å². The Morgan fingerprint density at radius 1 is 1.33 bits per heavy atom. The van der Waals surface area contributed by atoms with E-state index in [2.05, 4.69) is 5.32 Å². The molecule has 0 aromatic heterocycles. The molecule has 0 unspecified atom stereocenters. The van der Waals surface area contributed by atoms with Crippen LogP contribution in [0, 0.1) is 0 Å². The number of carboxylic acids is 1. The van der Waals surface area contributed by atoms with Crippen LogP contribution in [0.3, 0.4) is 0 Å². The number of rotatable bonds is 9. The molecule has 2 N–H and O–H groups in total. The van der Waals surface area contributed by atoms with E-state index in [1.165, 1.54) is 0 Å². The van der Waals surface area contributed by atoms with Crippen molar-refractivity contribution in [3.8, 4) is 5.75 Å². The van der Waals surface area contributed by atoms with Crippen LogP contribution in [0.1, 0.15) is 43.5 Å². The summed E-state index contributed by atoms with van der Waals surface area (Å²) in [7, 11) is 0. The van der Waals surface area contributed by atoms with Crippen molar-refractivity contribution in [2.24, 2.45) is 0 Å². The zero-order valence-electron chi connectivity index (χ0n) is 14.3. The molecular weight excluding hydrogens is 308 g/mol. The Kier molecular flexibility index (Phi) is 6.61. The average molecular weight is 334 g/mol. The minimum atomic E-state index is -0.812. The van der Waals surface area contributed by atoms with Crippen LogP contribution < -0.4 is 10.1 Å². The summed E-state index contributed by atoms with van der Waals surface area (Å²) in [5.74, 6) is -0.218. The fraction of sp³-hybridized carbons (Fsp3) is 0.556. The molecule has 0 radical (unpaired) electrons. The number of carbonyl (C=O) groups excluding carboxylic acids is 1. The maximum Gasteiger partial charge on any atom is 0.317 e. The van der Waals surface area contributed by atoms with Crippen LogP contribution in [0.4, 0.5) is 0 Å². The molecule has 6 heteroatoms. The third-order valence-electron chi connectivity index (χ3n) is 4.28. The molecule has 0 atom stereocenters. The first-order valence-corrected chi connectivity index (χ1v) is 8.53. The van der Waals surface area contributed by atoms with Crippen LogP contribution in [-0.2, 0) is 4.79 Å². The van der Waals surface area contributed by atoms with Gasteiger partial charge in [0.25, 0.3) is 5.91 Å². The van der Waals surface area contributed by atoms with Crippen LogP contribution >= 0.6 is 0 Å². The summed E-state index contributed by atoms with van der Waals surface area (Å²) < 4.78 is 5.55. The van der Waals surface area contributed by atoms with Crippen molar-refractivity contribution in [1.29, 1.82) is 0 Å². The van der Waals surface area contributed by atoms with Gasteiger partial charge in [0.05, 0.1) is 13.2 Å². The molecule has 6 nitrogen and oxygen atoms in total. The highest BCUT2D eigenvalue weighted by Crippen LogP contribution is 2.26. The first-order chi connectivity index (χ1) is 11.5. The van der Waals surface area contributed by atoms with Gasteiger partial charge in [-0.15, -0.1) is 0 Å². The van der Waals surface area contributed by atoms with Crippen molar-refractivity contribution < 1.29 is 19.4 Å². The molecule has 1 saturated carbocycles. The van der Waals surface area contributed by atoms with E-state index in [4.69, 9.17) is 9.84 Å². The number of carbonyl (C=O) groups is 2. The number of carboxylic acid groups (broad SMARTS) is 1. The summed E-state index contributed by atoms with van der Waals surface area (Å²) in [5.41, 5.74) is 0.588. The highest BCUT2D eigenvalue weighted by atomic mass is 16.5. The van der Waals surface area contributed by atoms with Crippen molar-refractivity contribution in [1.82, 2.24) is 10.2 Å². The van der Waals surface area contributed by atoms with Gasteiger partial charge in [-0.3, -0.25) is 14.5 Å². The van der Waals surface area contributed by atoms with E-state index in [0.29, 0.717) is 24.5 Å². The second-order valence-corrected chi connectivity index (χ2v) is 6.13. The zero-order valence-corrected chi connectivity index (χ0v) is 14.3. The predicted octanol–water partition coefficient (Wildman–Crippen LogP) is 2.14. The SMILES string of the molecule is CCCOc1cccc(C(=O)NC2CC(N(CC)CC(=O)O)C2)c1. The summed E-state index contributed by atoms with van der Waals surface area (Å²) in [6.45, 7) is 5.38. The Bertz CT molecular complexity index is 570. The molecule has 0 saturated heterocycles. The van der Waals surface area contributed by atoms with Gasteiger partial charge in [0, 0.05) is 17.6 Å². The molecule has 0 aliphatic heterocycles. The van der Waals surface area contributed by atoms with Crippen molar-refractivity contribution in [3.63, 3.8) is 0 Å². The number of amides is 1. The minimum absolute atomic E-state index is 0.0542. The Morgan fingerprint density at radius 2 is 2.08 bits per heavy atom. The number of hydrogen-bond acceptors (Lipinski definition) is 4. The molecule has 0 bridgehead atoms. The number of hydrogen-bond donors (Lipinski definition) is 2. The predicted molar refractivity (Wildman–Crippen MR) is 91.4 cm³/mol. The molecule has 1 aliphatic carbocycles. The van der Waals surface area contributed by atoms with E-state index >= 15 is 0 Å². The maximum absolute atomic E-state index is 12.3. The first-order valence-electron chi connectivity index (χ1n) is 8.53. The molecule has 1 fully saturated rings. The molecule has 132 valence electrons. The number of ether oxygens (including phenoxy) is 1. The lowest BCUT2D eigenvalue weighted by Gasteiger charge is -2.42. The van der Waals surface area contributed by atoms with Gasteiger partial charge in [-0.25, -0.2) is 0 Å². The van der Waals surface area contributed by atoms with Gasteiger partial charge in [0.2, 0.25) is 0 Å². The van der Waals surface area contributed by atoms with Crippen molar-refractivity contribution >= 4 is 11.9 Å². The molecule has 1 aromatic carbocycles. The van der Waals surface area contributed by atoms with Crippen LogP contribution in [0.5, 0.6) is 5.75 Å². The van der Waals surface area contributed by atoms with Crippen molar-refractivity contribution in [3.05, 3.63) is 29.8 Å². The van der Waals surface area contributed by atoms with Gasteiger partial charge in [-0.05, 0) is 44.0 Å². The smallest absolute Gasteiger partial charge is 0.317 e. The third kappa shape index (κ3) is 4.96. The summed E-state index contributed by atoms with van der Waals surface area (Å²) >= 11 is 0. The summed E-state index contributed by atoms with van der Waals surface area (Å²) in [6.07, 6.45) is 2.50. The van der Waals surface area contributed by atoms with E-state index in [0.717, 1.165) is 19.3 Å². The first kappa shape index (κ1) is 18.3. The van der Waals surface area contributed by atoms with Crippen LogP contribution in [-0.4, -0.2) is 53.7 Å². The normalized spacial score (nSPS) is 19.6. The number of likely N-dealkylation sites (N-methyl/N-ethyl adjacent to an activating group) is 1. The van der Waals surface area contributed by atoms with Gasteiger partial charge in [-0.2, -0.15) is 0 Å². The van der Waals surface area contributed by atoms with Crippen molar-refractivity contribution in [2.45, 2.75) is 45.2 Å². The maximum atomic E-state index is 12.3. The lowest BCUT2D eigenvalue weighted by molar-refractivity contribution is -0.139. The van der Waals surface area contributed by atoms with Crippen LogP contribution in [0.15, 0.2) is 24.3 Å². The molecule has 0 spiro atoms. The Labute approximate surface area is 142 Å². The van der Waals surface area contributed by atoms with Crippen LogP contribution in [0.2, 0.25) is 0 Å².